The second-order valence-electron chi connectivity index (χ2n) is 3.83. The van der Waals surface area contributed by atoms with Gasteiger partial charge < -0.3 is 0 Å². The van der Waals surface area contributed by atoms with Crippen molar-refractivity contribution in [3.63, 3.8) is 0 Å². The van der Waals surface area contributed by atoms with Gasteiger partial charge in [0.25, 0.3) is 10.0 Å². The van der Waals surface area contributed by atoms with E-state index in [2.05, 4.69) is 0 Å². The maximum atomic E-state index is 12.5. The first-order valence-electron chi connectivity index (χ1n) is 5.80. The minimum atomic E-state index is -3.48. The first-order chi connectivity index (χ1) is 8.47. The molecule has 0 aliphatic carbocycles. The molecule has 0 radical (unpaired) electrons. The normalized spacial score (nSPS) is 12.6. The van der Waals surface area contributed by atoms with E-state index in [1.54, 1.807) is 12.1 Å². The molecule has 0 fully saturated rings. The highest BCUT2D eigenvalue weighted by atomic mass is 35.5. The molecule has 0 N–H and O–H groups in total. The van der Waals surface area contributed by atoms with Crippen LogP contribution in [-0.4, -0.2) is 31.2 Å². The summed E-state index contributed by atoms with van der Waals surface area (Å²) in [4.78, 5) is 0. The Balaban J connectivity index is 3.11. The molecule has 0 spiro atoms. The van der Waals surface area contributed by atoms with Crippen LogP contribution in [0.4, 0.5) is 0 Å². The minimum absolute atomic E-state index is 0.0189. The van der Waals surface area contributed by atoms with Gasteiger partial charge in [0.15, 0.2) is 0 Å². The van der Waals surface area contributed by atoms with Gasteiger partial charge in [-0.25, -0.2) is 8.42 Å². The number of halogens is 2. The Morgan fingerprint density at radius 2 is 1.94 bits per heavy atom. The monoisotopic (exact) mass is 329 g/mol. The molecule has 0 aromatic carbocycles. The van der Waals surface area contributed by atoms with Crippen LogP contribution in [0.2, 0.25) is 4.34 Å². The van der Waals surface area contributed by atoms with Crippen molar-refractivity contribution in [2.45, 2.75) is 36.9 Å². The molecule has 0 amide bonds. The van der Waals surface area contributed by atoms with Crippen molar-refractivity contribution in [1.82, 2.24) is 4.31 Å². The molecule has 1 rings (SSSR count). The quantitative estimate of drug-likeness (QED) is 0.713. The largest absolute Gasteiger partial charge is 0.252 e. The summed E-state index contributed by atoms with van der Waals surface area (Å²) < 4.78 is 27.3. The van der Waals surface area contributed by atoms with Gasteiger partial charge in [0.05, 0.1) is 4.34 Å². The highest BCUT2D eigenvalue weighted by Gasteiger charge is 2.30. The number of thiophene rings is 1. The Labute approximate surface area is 123 Å². The molecule has 0 atom stereocenters. The van der Waals surface area contributed by atoms with Gasteiger partial charge in [-0.2, -0.15) is 4.31 Å². The second kappa shape index (κ2) is 7.10. The van der Waals surface area contributed by atoms with E-state index >= 15 is 0 Å². The molecule has 7 heteroatoms. The van der Waals surface area contributed by atoms with Crippen LogP contribution in [0.5, 0.6) is 0 Å². The summed E-state index contributed by atoms with van der Waals surface area (Å²) in [5, 5.41) is 0. The van der Waals surface area contributed by atoms with E-state index in [4.69, 9.17) is 23.2 Å². The number of hydrogen-bond acceptors (Lipinski definition) is 3. The maximum absolute atomic E-state index is 12.5. The molecule has 0 aliphatic heterocycles. The maximum Gasteiger partial charge on any atom is 0.252 e. The number of alkyl halides is 1. The second-order valence-corrected chi connectivity index (χ2v) is 8.04. The lowest BCUT2D eigenvalue weighted by Crippen LogP contribution is -2.40. The average molecular weight is 330 g/mol. The van der Waals surface area contributed by atoms with E-state index in [9.17, 15) is 8.42 Å². The third kappa shape index (κ3) is 3.61. The van der Waals surface area contributed by atoms with Crippen molar-refractivity contribution in [3.8, 4) is 0 Å². The van der Waals surface area contributed by atoms with Crippen molar-refractivity contribution < 1.29 is 8.42 Å². The minimum Gasteiger partial charge on any atom is -0.206 e. The molecule has 0 bridgehead atoms. The standard InChI is InChI=1S/C11H17Cl2NO2S2/c1-3-9(4-2)14(8-7-12)18(15,16)11-6-5-10(13)17-11/h5-6,9H,3-4,7-8H2,1-2H3. The van der Waals surface area contributed by atoms with Crippen molar-refractivity contribution in [1.29, 1.82) is 0 Å². The highest BCUT2D eigenvalue weighted by molar-refractivity contribution is 7.91. The summed E-state index contributed by atoms with van der Waals surface area (Å²) in [6.45, 7) is 4.28. The van der Waals surface area contributed by atoms with Crippen LogP contribution in [-0.2, 0) is 10.0 Å². The summed E-state index contributed by atoms with van der Waals surface area (Å²) >= 11 is 12.6. The van der Waals surface area contributed by atoms with Crippen molar-refractivity contribution in [2.24, 2.45) is 0 Å². The van der Waals surface area contributed by atoms with Gasteiger partial charge >= 0.3 is 0 Å². The van der Waals surface area contributed by atoms with Gasteiger partial charge in [-0.15, -0.1) is 22.9 Å². The van der Waals surface area contributed by atoms with Crippen LogP contribution in [0.3, 0.4) is 0 Å². The van der Waals surface area contributed by atoms with Gasteiger partial charge in [-0.05, 0) is 25.0 Å². The van der Waals surface area contributed by atoms with E-state index in [1.165, 1.54) is 4.31 Å². The SMILES string of the molecule is CCC(CC)N(CCCl)S(=O)(=O)c1ccc(Cl)s1. The molecule has 0 saturated carbocycles. The topological polar surface area (TPSA) is 37.4 Å². The summed E-state index contributed by atoms with van der Waals surface area (Å²) in [6.07, 6.45) is 1.54. The zero-order chi connectivity index (χ0) is 13.8. The number of sulfonamides is 1. The Bertz CT molecular complexity index is 469. The zero-order valence-electron chi connectivity index (χ0n) is 10.4. The lowest BCUT2D eigenvalue weighted by Gasteiger charge is -2.28. The smallest absolute Gasteiger partial charge is 0.206 e. The molecule has 104 valence electrons. The average Bonchev–Trinajstić information content (AvgIpc) is 2.77. The Morgan fingerprint density at radius 3 is 2.33 bits per heavy atom. The van der Waals surface area contributed by atoms with Crippen LogP contribution in [0, 0.1) is 0 Å². The van der Waals surface area contributed by atoms with E-state index in [1.807, 2.05) is 13.8 Å². The molecule has 0 unspecified atom stereocenters. The number of rotatable bonds is 7. The number of hydrogen-bond donors (Lipinski definition) is 0. The molecular weight excluding hydrogens is 313 g/mol. The van der Waals surface area contributed by atoms with E-state index in [0.717, 1.165) is 24.2 Å². The predicted molar refractivity (Wildman–Crippen MR) is 78.3 cm³/mol. The van der Waals surface area contributed by atoms with E-state index in [0.29, 0.717) is 10.9 Å². The molecule has 3 nitrogen and oxygen atoms in total. The Kier molecular flexibility index (Phi) is 6.41. The van der Waals surface area contributed by atoms with Crippen molar-refractivity contribution in [3.05, 3.63) is 16.5 Å². The van der Waals surface area contributed by atoms with Crippen molar-refractivity contribution >= 4 is 44.6 Å². The molecule has 1 heterocycles. The first-order valence-corrected chi connectivity index (χ1v) is 8.97. The van der Waals surface area contributed by atoms with Gasteiger partial charge in [-0.3, -0.25) is 0 Å². The third-order valence-electron chi connectivity index (χ3n) is 2.77. The summed E-state index contributed by atoms with van der Waals surface area (Å²) in [6, 6.07) is 3.13. The molecule has 1 aromatic rings. The summed E-state index contributed by atoms with van der Waals surface area (Å²) in [5.41, 5.74) is 0. The molecule has 1 aromatic heterocycles. The highest BCUT2D eigenvalue weighted by Crippen LogP contribution is 2.30. The van der Waals surface area contributed by atoms with Gasteiger partial charge in [0.1, 0.15) is 4.21 Å². The Morgan fingerprint density at radius 1 is 1.33 bits per heavy atom. The molecular formula is C11H17Cl2NO2S2. The van der Waals surface area contributed by atoms with E-state index < -0.39 is 10.0 Å². The molecule has 0 aliphatic rings. The van der Waals surface area contributed by atoms with Gasteiger partial charge in [-0.1, -0.05) is 25.4 Å². The van der Waals surface area contributed by atoms with Crippen LogP contribution >= 0.6 is 34.5 Å². The fraction of sp³-hybridized carbons (Fsp3) is 0.636. The summed E-state index contributed by atoms with van der Waals surface area (Å²) in [5.74, 6) is 0.287. The van der Waals surface area contributed by atoms with Crippen LogP contribution < -0.4 is 0 Å². The molecule has 0 saturated heterocycles. The lowest BCUT2D eigenvalue weighted by molar-refractivity contribution is 0.317. The number of nitrogens with zero attached hydrogens (tertiary/aromatic N) is 1. The zero-order valence-corrected chi connectivity index (χ0v) is 13.5. The fourth-order valence-corrected chi connectivity index (χ4v) is 5.50. The predicted octanol–water partition coefficient (Wildman–Crippen LogP) is 3.82. The lowest BCUT2D eigenvalue weighted by atomic mass is 10.2. The fourth-order valence-electron chi connectivity index (χ4n) is 1.83. The van der Waals surface area contributed by atoms with Gasteiger partial charge in [0, 0.05) is 18.5 Å². The molecule has 18 heavy (non-hydrogen) atoms. The van der Waals surface area contributed by atoms with Crippen molar-refractivity contribution in [2.75, 3.05) is 12.4 Å². The summed E-state index contributed by atoms with van der Waals surface area (Å²) in [7, 11) is -3.48. The van der Waals surface area contributed by atoms with Crippen LogP contribution in [0.25, 0.3) is 0 Å². The Hall–Kier alpha value is 0.190. The van der Waals surface area contributed by atoms with Gasteiger partial charge in [0.2, 0.25) is 0 Å². The third-order valence-corrected chi connectivity index (χ3v) is 6.59. The van der Waals surface area contributed by atoms with Crippen LogP contribution in [0.15, 0.2) is 16.3 Å². The van der Waals surface area contributed by atoms with Crippen LogP contribution in [0.1, 0.15) is 26.7 Å². The first kappa shape index (κ1) is 16.2. The van der Waals surface area contributed by atoms with E-state index in [-0.39, 0.29) is 16.1 Å².